The Labute approximate surface area is 126 Å². The number of piperidine rings is 1. The van der Waals surface area contributed by atoms with E-state index in [1.807, 2.05) is 0 Å². The summed E-state index contributed by atoms with van der Waals surface area (Å²) >= 11 is 0. The molecule has 1 saturated carbocycles. The molecule has 1 heterocycles. The van der Waals surface area contributed by atoms with Crippen LogP contribution in [0.2, 0.25) is 0 Å². The molecule has 1 saturated heterocycles. The molecule has 2 rings (SSSR count). The molecule has 118 valence electrons. The van der Waals surface area contributed by atoms with Gasteiger partial charge in [-0.15, -0.1) is 0 Å². The quantitative estimate of drug-likeness (QED) is 0.821. The lowest BCUT2D eigenvalue weighted by Crippen LogP contribution is -2.54. The standard InChI is InChI=1S/C18H36N2/c1-5-11-19-17-10-12-20(13-15(17)4)18-9-7-6-8-16(18)14(2)3/h14-19H,5-13H2,1-4H3. The molecule has 0 radical (unpaired) electrons. The highest BCUT2D eigenvalue weighted by Gasteiger charge is 2.35. The number of hydrogen-bond acceptors (Lipinski definition) is 2. The van der Waals surface area contributed by atoms with Gasteiger partial charge in [-0.2, -0.15) is 0 Å². The number of rotatable bonds is 5. The lowest BCUT2D eigenvalue weighted by molar-refractivity contribution is 0.0358. The van der Waals surface area contributed by atoms with Gasteiger partial charge in [-0.3, -0.25) is 4.90 Å². The number of hydrogen-bond donors (Lipinski definition) is 1. The summed E-state index contributed by atoms with van der Waals surface area (Å²) in [7, 11) is 0. The van der Waals surface area contributed by atoms with Gasteiger partial charge in [0, 0.05) is 18.6 Å². The average molecular weight is 280 g/mol. The molecule has 1 aliphatic heterocycles. The van der Waals surface area contributed by atoms with Crippen LogP contribution in [0.25, 0.3) is 0 Å². The van der Waals surface area contributed by atoms with Gasteiger partial charge in [-0.25, -0.2) is 0 Å². The van der Waals surface area contributed by atoms with Gasteiger partial charge >= 0.3 is 0 Å². The first-order chi connectivity index (χ1) is 9.63. The highest BCUT2D eigenvalue weighted by atomic mass is 15.2. The minimum absolute atomic E-state index is 0.757. The Balaban J connectivity index is 1.90. The van der Waals surface area contributed by atoms with Crippen molar-refractivity contribution in [2.45, 2.75) is 78.3 Å². The highest BCUT2D eigenvalue weighted by Crippen LogP contribution is 2.35. The van der Waals surface area contributed by atoms with Crippen LogP contribution in [0.4, 0.5) is 0 Å². The van der Waals surface area contributed by atoms with E-state index in [-0.39, 0.29) is 0 Å². The summed E-state index contributed by atoms with van der Waals surface area (Å²) in [6.45, 7) is 13.4. The molecule has 0 aromatic rings. The van der Waals surface area contributed by atoms with Gasteiger partial charge < -0.3 is 5.32 Å². The van der Waals surface area contributed by atoms with Crippen molar-refractivity contribution in [2.75, 3.05) is 19.6 Å². The van der Waals surface area contributed by atoms with Crippen LogP contribution < -0.4 is 5.32 Å². The van der Waals surface area contributed by atoms with Gasteiger partial charge in [0.1, 0.15) is 0 Å². The van der Waals surface area contributed by atoms with E-state index in [1.165, 1.54) is 58.2 Å². The van der Waals surface area contributed by atoms with Crippen LogP contribution in [-0.2, 0) is 0 Å². The van der Waals surface area contributed by atoms with E-state index >= 15 is 0 Å². The van der Waals surface area contributed by atoms with Crippen molar-refractivity contribution in [1.29, 1.82) is 0 Å². The molecule has 0 aromatic carbocycles. The summed E-state index contributed by atoms with van der Waals surface area (Å²) < 4.78 is 0. The van der Waals surface area contributed by atoms with Crippen LogP contribution in [0, 0.1) is 17.8 Å². The normalized spacial score (nSPS) is 36.5. The smallest absolute Gasteiger partial charge is 0.0126 e. The van der Waals surface area contributed by atoms with Gasteiger partial charge in [0.2, 0.25) is 0 Å². The van der Waals surface area contributed by atoms with Crippen LogP contribution in [0.3, 0.4) is 0 Å². The van der Waals surface area contributed by atoms with Gasteiger partial charge in [-0.1, -0.05) is 40.5 Å². The first-order valence-electron chi connectivity index (χ1n) is 9.11. The van der Waals surface area contributed by atoms with Crippen LogP contribution in [0.15, 0.2) is 0 Å². The van der Waals surface area contributed by atoms with E-state index in [9.17, 15) is 0 Å². The molecule has 2 heteroatoms. The molecular formula is C18H36N2. The summed E-state index contributed by atoms with van der Waals surface area (Å²) in [5, 5.41) is 3.75. The Bertz CT molecular complexity index is 277. The van der Waals surface area contributed by atoms with Crippen LogP contribution >= 0.6 is 0 Å². The molecule has 2 aliphatic rings. The zero-order valence-corrected chi connectivity index (χ0v) is 14.2. The van der Waals surface area contributed by atoms with Crippen LogP contribution in [-0.4, -0.2) is 36.6 Å². The van der Waals surface area contributed by atoms with Crippen molar-refractivity contribution in [2.24, 2.45) is 17.8 Å². The van der Waals surface area contributed by atoms with Crippen molar-refractivity contribution in [3.8, 4) is 0 Å². The van der Waals surface area contributed by atoms with E-state index in [0.29, 0.717) is 0 Å². The molecule has 4 atom stereocenters. The predicted octanol–water partition coefficient (Wildman–Crippen LogP) is 3.91. The van der Waals surface area contributed by atoms with E-state index < -0.39 is 0 Å². The van der Waals surface area contributed by atoms with Gasteiger partial charge in [0.15, 0.2) is 0 Å². The molecule has 20 heavy (non-hydrogen) atoms. The third-order valence-electron chi connectivity index (χ3n) is 5.70. The number of likely N-dealkylation sites (tertiary alicyclic amines) is 1. The third kappa shape index (κ3) is 3.98. The SMILES string of the molecule is CCCNC1CCN(C2CCCCC2C(C)C)CC1C. The van der Waals surface area contributed by atoms with Crippen molar-refractivity contribution in [1.82, 2.24) is 10.2 Å². The summed E-state index contributed by atoms with van der Waals surface area (Å²) in [5.74, 6) is 2.60. The number of nitrogens with zero attached hydrogens (tertiary/aromatic N) is 1. The minimum atomic E-state index is 0.757. The second-order valence-corrected chi connectivity index (χ2v) is 7.58. The van der Waals surface area contributed by atoms with Crippen LogP contribution in [0.1, 0.15) is 66.2 Å². The van der Waals surface area contributed by atoms with Gasteiger partial charge in [-0.05, 0) is 56.5 Å². The van der Waals surface area contributed by atoms with E-state index in [1.54, 1.807) is 0 Å². The maximum atomic E-state index is 3.75. The fourth-order valence-corrected chi connectivity index (χ4v) is 4.48. The monoisotopic (exact) mass is 280 g/mol. The maximum absolute atomic E-state index is 3.75. The second-order valence-electron chi connectivity index (χ2n) is 7.58. The Morgan fingerprint density at radius 2 is 1.90 bits per heavy atom. The molecule has 4 unspecified atom stereocenters. The fourth-order valence-electron chi connectivity index (χ4n) is 4.48. The topological polar surface area (TPSA) is 15.3 Å². The molecule has 0 bridgehead atoms. The first-order valence-corrected chi connectivity index (χ1v) is 9.11. The molecule has 1 N–H and O–H groups in total. The third-order valence-corrected chi connectivity index (χ3v) is 5.70. The zero-order chi connectivity index (χ0) is 14.5. The van der Waals surface area contributed by atoms with Crippen molar-refractivity contribution in [3.05, 3.63) is 0 Å². The zero-order valence-electron chi connectivity index (χ0n) is 14.2. The molecule has 2 fully saturated rings. The Morgan fingerprint density at radius 3 is 2.55 bits per heavy atom. The van der Waals surface area contributed by atoms with Gasteiger partial charge in [0.25, 0.3) is 0 Å². The summed E-state index contributed by atoms with van der Waals surface area (Å²) in [6.07, 6.45) is 8.43. The minimum Gasteiger partial charge on any atom is -0.314 e. The van der Waals surface area contributed by atoms with Crippen molar-refractivity contribution >= 4 is 0 Å². The van der Waals surface area contributed by atoms with Crippen LogP contribution in [0.5, 0.6) is 0 Å². The molecule has 2 nitrogen and oxygen atoms in total. The first kappa shape index (κ1) is 16.3. The van der Waals surface area contributed by atoms with E-state index in [4.69, 9.17) is 0 Å². The predicted molar refractivity (Wildman–Crippen MR) is 88.0 cm³/mol. The Hall–Kier alpha value is -0.0800. The Morgan fingerprint density at radius 1 is 1.15 bits per heavy atom. The lowest BCUT2D eigenvalue weighted by atomic mass is 9.76. The molecule has 0 aromatic heterocycles. The molecular weight excluding hydrogens is 244 g/mol. The van der Waals surface area contributed by atoms with Gasteiger partial charge in [0.05, 0.1) is 0 Å². The molecule has 0 amide bonds. The lowest BCUT2D eigenvalue weighted by Gasteiger charge is -2.47. The van der Waals surface area contributed by atoms with E-state index in [2.05, 4.69) is 37.9 Å². The summed E-state index contributed by atoms with van der Waals surface area (Å²) in [6, 6.07) is 1.63. The fraction of sp³-hybridized carbons (Fsp3) is 1.00. The maximum Gasteiger partial charge on any atom is 0.0126 e. The van der Waals surface area contributed by atoms with Crippen molar-refractivity contribution in [3.63, 3.8) is 0 Å². The largest absolute Gasteiger partial charge is 0.314 e. The van der Waals surface area contributed by atoms with E-state index in [0.717, 1.165) is 29.8 Å². The second kappa shape index (κ2) is 7.79. The number of nitrogens with one attached hydrogen (secondary N) is 1. The Kier molecular flexibility index (Phi) is 6.35. The highest BCUT2D eigenvalue weighted by molar-refractivity contribution is 4.90. The average Bonchev–Trinajstić information content (AvgIpc) is 2.46. The van der Waals surface area contributed by atoms with Crippen molar-refractivity contribution < 1.29 is 0 Å². The summed E-state index contributed by atoms with van der Waals surface area (Å²) in [4.78, 5) is 2.85. The molecule has 1 aliphatic carbocycles. The summed E-state index contributed by atoms with van der Waals surface area (Å²) in [5.41, 5.74) is 0. The molecule has 0 spiro atoms.